The summed E-state index contributed by atoms with van der Waals surface area (Å²) < 4.78 is 39.8. The maximum atomic E-state index is 12.5. The number of carbonyl (C=O) groups excluding carboxylic acids is 3. The van der Waals surface area contributed by atoms with Crippen LogP contribution >= 0.6 is 0 Å². The first kappa shape index (κ1) is 53.2. The first-order valence-electron chi connectivity index (χ1n) is 22.3. The molecule has 5 rings (SSSR count). The SMILES string of the molecule is CC(=O)NC1[C@H](OCCCNC(=O)CCCCCCC(=O)COc2ccc(-c3cccc(C)c3)cc2)OC(CO)[C@@H](O[C@@H]2OC(CO)[C@H](O)[C@H](O[C@H]3OC(CO)[C@H](O)[C@H](O)C3O)C2O)[C@@H]1O. The van der Waals surface area contributed by atoms with Crippen LogP contribution in [-0.4, -0.2) is 195 Å². The minimum Gasteiger partial charge on any atom is -0.486 e. The molecule has 3 saturated heterocycles. The quantitative estimate of drug-likeness (QED) is 0.0511. The van der Waals surface area contributed by atoms with Gasteiger partial charge in [-0.25, -0.2) is 0 Å². The molecule has 66 heavy (non-hydrogen) atoms. The number of aliphatic hydroxyl groups excluding tert-OH is 9. The summed E-state index contributed by atoms with van der Waals surface area (Å²) in [6.07, 6.45) is -19.5. The molecule has 2 aromatic rings. The van der Waals surface area contributed by atoms with Gasteiger partial charge in [0, 0.05) is 26.3 Å². The second-order valence-electron chi connectivity index (χ2n) is 16.8. The molecular formula is C45H66N2O19. The van der Waals surface area contributed by atoms with E-state index in [1.165, 1.54) is 12.5 Å². The zero-order valence-corrected chi connectivity index (χ0v) is 37.1. The highest BCUT2D eigenvalue weighted by molar-refractivity contribution is 5.80. The fraction of sp³-hybridized carbons (Fsp3) is 0.667. The van der Waals surface area contributed by atoms with E-state index in [1.807, 2.05) is 49.4 Å². The van der Waals surface area contributed by atoms with Crippen molar-refractivity contribution in [2.24, 2.45) is 0 Å². The van der Waals surface area contributed by atoms with E-state index >= 15 is 0 Å². The van der Waals surface area contributed by atoms with E-state index in [2.05, 4.69) is 16.7 Å². The molecule has 15 atom stereocenters. The average Bonchev–Trinajstić information content (AvgIpc) is 3.30. The van der Waals surface area contributed by atoms with Crippen LogP contribution in [0.3, 0.4) is 0 Å². The molecule has 0 bridgehead atoms. The zero-order chi connectivity index (χ0) is 47.9. The second kappa shape index (κ2) is 26.1. The molecule has 0 aliphatic carbocycles. The fourth-order valence-electron chi connectivity index (χ4n) is 7.93. The molecule has 6 unspecified atom stereocenters. The minimum absolute atomic E-state index is 0.000476. The number of rotatable bonds is 24. The molecule has 3 fully saturated rings. The van der Waals surface area contributed by atoms with E-state index in [0.29, 0.717) is 31.4 Å². The van der Waals surface area contributed by atoms with Crippen molar-refractivity contribution in [2.45, 2.75) is 151 Å². The Balaban J connectivity index is 1.01. The van der Waals surface area contributed by atoms with Crippen molar-refractivity contribution in [3.05, 3.63) is 54.1 Å². The standard InChI is InChI=1S/C45H66N2O19/c1-24-9-7-10-27(19-24)26-13-15-29(16-14-26)61-23-28(52)11-5-3-4-6-12-33(53)46-17-8-18-60-43-34(47-25(2)51)37(56)41(32(22-50)64-43)65-45-40(59)42(36(55)31(21-49)63-45)66-44-39(58)38(57)35(54)30(20-48)62-44/h7,9-10,13-16,19,30-32,34-45,48-50,54-59H,3-6,8,11-12,17-18,20-23H2,1-2H3,(H,46,53)(H,47,51)/t30?,31?,32?,34?,35-,36-,37+,38-,39?,40?,41+,42-,43+,44+,45-/m0/s1. The van der Waals surface area contributed by atoms with Crippen LogP contribution in [0.4, 0.5) is 0 Å². The summed E-state index contributed by atoms with van der Waals surface area (Å²) in [5, 5.41) is 99.5. The Labute approximate surface area is 382 Å². The molecule has 3 heterocycles. The van der Waals surface area contributed by atoms with Gasteiger partial charge in [-0.1, -0.05) is 54.8 Å². The number of hydrogen-bond acceptors (Lipinski definition) is 19. The molecular weight excluding hydrogens is 872 g/mol. The number of aryl methyl sites for hydroxylation is 1. The van der Waals surface area contributed by atoms with E-state index in [4.69, 9.17) is 33.2 Å². The van der Waals surface area contributed by atoms with Gasteiger partial charge < -0.3 is 89.8 Å². The number of aliphatic hydroxyl groups is 9. The first-order valence-corrected chi connectivity index (χ1v) is 22.3. The molecule has 11 N–H and O–H groups in total. The summed E-state index contributed by atoms with van der Waals surface area (Å²) in [6, 6.07) is 14.5. The van der Waals surface area contributed by atoms with Crippen molar-refractivity contribution >= 4 is 17.6 Å². The van der Waals surface area contributed by atoms with Gasteiger partial charge in [0.15, 0.2) is 24.7 Å². The molecule has 0 saturated carbocycles. The lowest BCUT2D eigenvalue weighted by atomic mass is 9.95. The lowest BCUT2D eigenvalue weighted by Gasteiger charge is -2.48. The molecule has 21 heteroatoms. The van der Waals surface area contributed by atoms with Gasteiger partial charge in [-0.15, -0.1) is 0 Å². The van der Waals surface area contributed by atoms with Crippen LogP contribution in [0.15, 0.2) is 48.5 Å². The van der Waals surface area contributed by atoms with E-state index in [0.717, 1.165) is 24.0 Å². The normalized spacial score (nSPS) is 32.4. The highest BCUT2D eigenvalue weighted by atomic mass is 16.8. The molecule has 21 nitrogen and oxygen atoms in total. The van der Waals surface area contributed by atoms with Gasteiger partial charge in [-0.2, -0.15) is 0 Å². The summed E-state index contributed by atoms with van der Waals surface area (Å²) in [6.45, 7) is 1.05. The predicted octanol–water partition coefficient (Wildman–Crippen LogP) is -1.93. The van der Waals surface area contributed by atoms with Gasteiger partial charge in [-0.05, 0) is 49.4 Å². The number of amides is 2. The van der Waals surface area contributed by atoms with Gasteiger partial charge in [0.05, 0.1) is 26.4 Å². The van der Waals surface area contributed by atoms with Crippen molar-refractivity contribution in [1.82, 2.24) is 10.6 Å². The molecule has 0 aromatic heterocycles. The number of ketones is 1. The molecule has 3 aliphatic heterocycles. The van der Waals surface area contributed by atoms with E-state index in [-0.39, 0.29) is 37.9 Å². The maximum Gasteiger partial charge on any atom is 0.219 e. The number of ether oxygens (including phenoxy) is 7. The summed E-state index contributed by atoms with van der Waals surface area (Å²) in [7, 11) is 0. The van der Waals surface area contributed by atoms with Crippen LogP contribution < -0.4 is 15.4 Å². The number of benzene rings is 2. The Kier molecular flexibility index (Phi) is 21.1. The smallest absolute Gasteiger partial charge is 0.219 e. The number of hydrogen-bond donors (Lipinski definition) is 11. The Morgan fingerprint density at radius 2 is 1.26 bits per heavy atom. The van der Waals surface area contributed by atoms with E-state index < -0.39 is 118 Å². The van der Waals surface area contributed by atoms with Crippen LogP contribution in [0.1, 0.15) is 57.4 Å². The fourth-order valence-corrected chi connectivity index (χ4v) is 7.93. The molecule has 0 radical (unpaired) electrons. The highest BCUT2D eigenvalue weighted by Crippen LogP contribution is 2.33. The Morgan fingerprint density at radius 1 is 0.636 bits per heavy atom. The molecule has 0 spiro atoms. The van der Waals surface area contributed by atoms with Crippen LogP contribution in [0.2, 0.25) is 0 Å². The van der Waals surface area contributed by atoms with Crippen molar-refractivity contribution < 1.29 is 93.5 Å². The monoisotopic (exact) mass is 938 g/mol. The number of carbonyl (C=O) groups is 3. The van der Waals surface area contributed by atoms with Crippen LogP contribution in [0, 0.1) is 6.92 Å². The van der Waals surface area contributed by atoms with Crippen LogP contribution in [0.5, 0.6) is 5.75 Å². The highest BCUT2D eigenvalue weighted by Gasteiger charge is 2.54. The lowest BCUT2D eigenvalue weighted by molar-refractivity contribution is -0.376. The predicted molar refractivity (Wildman–Crippen MR) is 229 cm³/mol. The molecule has 370 valence electrons. The van der Waals surface area contributed by atoms with Crippen molar-refractivity contribution in [2.75, 3.05) is 39.6 Å². The number of unbranched alkanes of at least 4 members (excludes halogenated alkanes) is 3. The second-order valence-corrected chi connectivity index (χ2v) is 16.8. The van der Waals surface area contributed by atoms with Gasteiger partial charge in [-0.3, -0.25) is 14.4 Å². The van der Waals surface area contributed by atoms with Gasteiger partial charge >= 0.3 is 0 Å². The van der Waals surface area contributed by atoms with Crippen molar-refractivity contribution in [3.8, 4) is 16.9 Å². The lowest BCUT2D eigenvalue weighted by Crippen LogP contribution is -2.68. The third kappa shape index (κ3) is 14.6. The number of nitrogens with one attached hydrogen (secondary N) is 2. The van der Waals surface area contributed by atoms with Crippen LogP contribution in [-0.2, 0) is 42.8 Å². The Morgan fingerprint density at radius 3 is 1.91 bits per heavy atom. The number of Topliss-reactive ketones (excluding diaryl/α,β-unsaturated/α-hetero) is 1. The summed E-state index contributed by atoms with van der Waals surface area (Å²) >= 11 is 0. The largest absolute Gasteiger partial charge is 0.486 e. The Hall–Kier alpha value is -3.75. The average molecular weight is 939 g/mol. The topological polar surface area (TPSA) is 322 Å². The molecule has 3 aliphatic rings. The summed E-state index contributed by atoms with van der Waals surface area (Å²) in [4.78, 5) is 37.1. The maximum absolute atomic E-state index is 12.5. The van der Waals surface area contributed by atoms with E-state index in [9.17, 15) is 60.3 Å². The minimum atomic E-state index is -1.95. The third-order valence-electron chi connectivity index (χ3n) is 11.6. The van der Waals surface area contributed by atoms with E-state index in [1.54, 1.807) is 0 Å². The van der Waals surface area contributed by atoms with Crippen LogP contribution in [0.25, 0.3) is 11.1 Å². The zero-order valence-electron chi connectivity index (χ0n) is 37.1. The van der Waals surface area contributed by atoms with Crippen molar-refractivity contribution in [3.63, 3.8) is 0 Å². The summed E-state index contributed by atoms with van der Waals surface area (Å²) in [5.41, 5.74) is 3.35. The summed E-state index contributed by atoms with van der Waals surface area (Å²) in [5.74, 6) is -0.133. The van der Waals surface area contributed by atoms with Gasteiger partial charge in [0.25, 0.3) is 0 Å². The third-order valence-corrected chi connectivity index (χ3v) is 11.6. The molecule has 2 aromatic carbocycles. The first-order chi connectivity index (χ1) is 31.6. The van der Waals surface area contributed by atoms with Gasteiger partial charge in [0.2, 0.25) is 11.8 Å². The van der Waals surface area contributed by atoms with Gasteiger partial charge in [0.1, 0.15) is 85.5 Å². The van der Waals surface area contributed by atoms with Crippen molar-refractivity contribution in [1.29, 1.82) is 0 Å². The molecule has 2 amide bonds. The Bertz CT molecular complexity index is 1810.